The van der Waals surface area contributed by atoms with Crippen LogP contribution >= 0.6 is 15.9 Å². The van der Waals surface area contributed by atoms with Gasteiger partial charge in [0.15, 0.2) is 6.61 Å². The maximum atomic E-state index is 13.4. The number of benzene rings is 3. The highest BCUT2D eigenvalue weighted by Gasteiger charge is 2.61. The number of imide groups is 1. The Balaban J connectivity index is 1.19. The van der Waals surface area contributed by atoms with Crippen LogP contribution in [0.2, 0.25) is 0 Å². The number of rotatable bonds is 6. The lowest BCUT2D eigenvalue weighted by atomic mass is 9.81. The molecule has 0 radical (unpaired) electrons. The number of ether oxygens (including phenoxy) is 1. The zero-order chi connectivity index (χ0) is 30.0. The number of aromatic nitrogens is 1. The fourth-order valence-corrected chi connectivity index (χ4v) is 7.79. The molecule has 7 rings (SSSR count). The molecule has 216 valence electrons. The van der Waals surface area contributed by atoms with Crippen LogP contribution in [0.4, 0.5) is 5.69 Å². The van der Waals surface area contributed by atoms with Gasteiger partial charge in [-0.1, -0.05) is 40.2 Å². The van der Waals surface area contributed by atoms with Crippen molar-refractivity contribution in [1.29, 1.82) is 0 Å². The molecule has 4 unspecified atom stereocenters. The van der Waals surface area contributed by atoms with E-state index in [4.69, 9.17) is 9.72 Å². The first-order valence-electron chi connectivity index (χ1n) is 14.3. The number of hydrogen-bond donors (Lipinski definition) is 1. The summed E-state index contributed by atoms with van der Waals surface area (Å²) in [6.07, 6.45) is 3.03. The van der Waals surface area contributed by atoms with Crippen LogP contribution in [-0.2, 0) is 14.3 Å². The summed E-state index contributed by atoms with van der Waals surface area (Å²) >= 11 is 3.49. The first-order valence-corrected chi connectivity index (χ1v) is 15.1. The van der Waals surface area contributed by atoms with E-state index in [0.29, 0.717) is 39.7 Å². The quantitative estimate of drug-likeness (QED) is 0.151. The zero-order valence-corrected chi connectivity index (χ0v) is 24.8. The summed E-state index contributed by atoms with van der Waals surface area (Å²) in [7, 11) is 0. The van der Waals surface area contributed by atoms with E-state index in [2.05, 4.69) is 15.9 Å². The summed E-state index contributed by atoms with van der Waals surface area (Å²) in [5, 5.41) is 10.6. The number of anilines is 1. The first-order chi connectivity index (χ1) is 20.7. The number of halogens is 1. The second-order valence-electron chi connectivity index (χ2n) is 11.6. The molecule has 2 bridgehead atoms. The lowest BCUT2D eigenvalue weighted by Gasteiger charge is -2.19. The highest BCUT2D eigenvalue weighted by atomic mass is 79.9. The molecule has 8 nitrogen and oxygen atoms in total. The van der Waals surface area contributed by atoms with Gasteiger partial charge in [-0.25, -0.2) is 9.78 Å². The zero-order valence-electron chi connectivity index (χ0n) is 23.2. The van der Waals surface area contributed by atoms with Gasteiger partial charge in [-0.2, -0.15) is 0 Å². The number of ketones is 1. The number of aryl methyl sites for hydroxylation is 1. The van der Waals surface area contributed by atoms with E-state index < -0.39 is 18.4 Å². The van der Waals surface area contributed by atoms with E-state index in [-0.39, 0.29) is 40.5 Å². The maximum absolute atomic E-state index is 13.4. The Morgan fingerprint density at radius 2 is 1.63 bits per heavy atom. The molecule has 2 heterocycles. The molecule has 1 saturated heterocycles. The van der Waals surface area contributed by atoms with Gasteiger partial charge in [0.1, 0.15) is 5.75 Å². The largest absolute Gasteiger partial charge is 0.507 e. The fraction of sp³-hybridized carbons (Fsp3) is 0.265. The SMILES string of the molecule is Cc1cc(Br)cc2c(C(=O)OCC(=O)c3ccccc3O)cc(-c3ccc(N4C(=O)C5C6CCC(C6)C5C4=O)cc3)nc12. The Labute approximate surface area is 255 Å². The van der Waals surface area contributed by atoms with Crippen molar-refractivity contribution in [2.24, 2.45) is 23.7 Å². The van der Waals surface area contributed by atoms with E-state index >= 15 is 0 Å². The van der Waals surface area contributed by atoms with Crippen LogP contribution in [0.3, 0.4) is 0 Å². The number of Topliss-reactive ketones (excluding diaryl/α,β-unsaturated/α-hetero) is 1. The molecule has 3 aromatic carbocycles. The van der Waals surface area contributed by atoms with E-state index in [1.165, 1.54) is 17.0 Å². The van der Waals surface area contributed by atoms with E-state index in [0.717, 1.165) is 29.3 Å². The maximum Gasteiger partial charge on any atom is 0.339 e. The number of hydrogen-bond acceptors (Lipinski definition) is 7. The van der Waals surface area contributed by atoms with Crippen molar-refractivity contribution in [3.05, 3.63) is 87.9 Å². The third-order valence-corrected chi connectivity index (χ3v) is 9.63. The average molecular weight is 640 g/mol. The van der Waals surface area contributed by atoms with Gasteiger partial charge in [0, 0.05) is 15.4 Å². The fourth-order valence-electron chi connectivity index (χ4n) is 7.21. The standard InChI is InChI=1S/C34H27BrN2O6/c1-17-12-21(35)14-24-25(34(42)43-16-28(39)23-4-2-3-5-27(23)38)15-26(36-31(17)24)18-8-10-22(11-9-18)37-32(40)29-19-6-7-20(13-19)30(29)33(37)41/h2-5,8-12,14-15,19-20,29-30,38H,6-7,13,16H2,1H3. The highest BCUT2D eigenvalue weighted by molar-refractivity contribution is 9.10. The molecule has 2 aliphatic carbocycles. The van der Waals surface area contributed by atoms with Crippen molar-refractivity contribution in [2.75, 3.05) is 11.5 Å². The average Bonchev–Trinajstić information content (AvgIpc) is 3.69. The number of phenolic OH excluding ortho intramolecular Hbond substituents is 1. The lowest BCUT2D eigenvalue weighted by molar-refractivity contribution is -0.123. The highest BCUT2D eigenvalue weighted by Crippen LogP contribution is 2.56. The Kier molecular flexibility index (Phi) is 6.65. The summed E-state index contributed by atoms with van der Waals surface area (Å²) in [5.41, 5.74) is 3.45. The molecule has 2 amide bonds. The second kappa shape index (κ2) is 10.4. The van der Waals surface area contributed by atoms with Crippen molar-refractivity contribution >= 4 is 56.1 Å². The van der Waals surface area contributed by atoms with Gasteiger partial charge in [0.2, 0.25) is 17.6 Å². The van der Waals surface area contributed by atoms with Crippen LogP contribution in [-0.4, -0.2) is 40.3 Å². The third kappa shape index (κ3) is 4.54. The van der Waals surface area contributed by atoms with Gasteiger partial charge >= 0.3 is 5.97 Å². The normalized spacial score (nSPS) is 22.3. The van der Waals surface area contributed by atoms with Crippen LogP contribution in [0.5, 0.6) is 5.75 Å². The topological polar surface area (TPSA) is 114 Å². The van der Waals surface area contributed by atoms with Gasteiger partial charge in [-0.3, -0.25) is 19.3 Å². The minimum atomic E-state index is -0.707. The van der Waals surface area contributed by atoms with E-state index in [9.17, 15) is 24.3 Å². The number of carbonyl (C=O) groups excluding carboxylic acids is 4. The molecular weight excluding hydrogens is 612 g/mol. The van der Waals surface area contributed by atoms with Crippen molar-refractivity contribution < 1.29 is 29.0 Å². The first kappa shape index (κ1) is 27.5. The number of fused-ring (bicyclic) bond motifs is 6. The van der Waals surface area contributed by atoms with Crippen LogP contribution in [0.15, 0.2) is 71.2 Å². The smallest absolute Gasteiger partial charge is 0.339 e. The molecule has 1 aromatic heterocycles. The van der Waals surface area contributed by atoms with Gasteiger partial charge in [-0.05, 0) is 86.1 Å². The monoisotopic (exact) mass is 638 g/mol. The number of phenols is 1. The summed E-state index contributed by atoms with van der Waals surface area (Å²) in [6, 6.07) is 18.4. The number of amides is 2. The Bertz CT molecular complexity index is 1820. The number of aromatic hydroxyl groups is 1. The number of esters is 1. The molecule has 1 aliphatic heterocycles. The van der Waals surface area contributed by atoms with Crippen LogP contribution in [0, 0.1) is 30.6 Å². The van der Waals surface area contributed by atoms with E-state index in [1.807, 2.05) is 13.0 Å². The van der Waals surface area contributed by atoms with Crippen LogP contribution < -0.4 is 4.90 Å². The summed E-state index contributed by atoms with van der Waals surface area (Å²) in [5.74, 6) is -1.37. The summed E-state index contributed by atoms with van der Waals surface area (Å²) in [4.78, 5) is 58.8. The van der Waals surface area contributed by atoms with Crippen molar-refractivity contribution in [1.82, 2.24) is 4.98 Å². The van der Waals surface area contributed by atoms with Gasteiger partial charge in [0.05, 0.1) is 39.9 Å². The van der Waals surface area contributed by atoms with Crippen molar-refractivity contribution in [3.8, 4) is 17.0 Å². The minimum Gasteiger partial charge on any atom is -0.507 e. The lowest BCUT2D eigenvalue weighted by Crippen LogP contribution is -2.32. The molecule has 9 heteroatoms. The number of para-hydroxylation sites is 1. The van der Waals surface area contributed by atoms with Gasteiger partial charge < -0.3 is 9.84 Å². The predicted octanol–water partition coefficient (Wildman–Crippen LogP) is 6.25. The van der Waals surface area contributed by atoms with Crippen LogP contribution in [0.25, 0.3) is 22.2 Å². The number of pyridine rings is 1. The summed E-state index contributed by atoms with van der Waals surface area (Å²) in [6.45, 7) is 1.34. The minimum absolute atomic E-state index is 0.0699. The Morgan fingerprint density at radius 3 is 2.30 bits per heavy atom. The molecule has 43 heavy (non-hydrogen) atoms. The van der Waals surface area contributed by atoms with Crippen LogP contribution in [0.1, 0.15) is 45.5 Å². The molecule has 0 spiro atoms. The Morgan fingerprint density at radius 1 is 0.953 bits per heavy atom. The Hall–Kier alpha value is -4.37. The molecule has 3 fully saturated rings. The van der Waals surface area contributed by atoms with Crippen molar-refractivity contribution in [2.45, 2.75) is 26.2 Å². The predicted molar refractivity (Wildman–Crippen MR) is 163 cm³/mol. The molecule has 4 atom stereocenters. The van der Waals surface area contributed by atoms with Gasteiger partial charge in [0.25, 0.3) is 0 Å². The molecule has 3 aliphatic rings. The number of nitrogens with zero attached hydrogens (tertiary/aromatic N) is 2. The molecular formula is C34H27BrN2O6. The summed E-state index contributed by atoms with van der Waals surface area (Å²) < 4.78 is 6.18. The molecule has 2 saturated carbocycles. The third-order valence-electron chi connectivity index (χ3n) is 9.18. The second-order valence-corrected chi connectivity index (χ2v) is 12.5. The molecule has 1 N–H and O–H groups in total. The van der Waals surface area contributed by atoms with Gasteiger partial charge in [-0.15, -0.1) is 0 Å². The number of carbonyl (C=O) groups is 4. The molecule has 4 aromatic rings. The van der Waals surface area contributed by atoms with E-state index in [1.54, 1.807) is 48.5 Å². The van der Waals surface area contributed by atoms with Crippen molar-refractivity contribution in [3.63, 3.8) is 0 Å².